The maximum absolute atomic E-state index is 4.20. The van der Waals surface area contributed by atoms with Crippen molar-refractivity contribution in [2.75, 3.05) is 0 Å². The molecule has 6 heteroatoms. The molecule has 2 aromatic heterocycles. The SMILES string of the molecule is Cn1cc(Sc2cnc(Br)cn2)cn1. The predicted octanol–water partition coefficient (Wildman–Crippen LogP) is 2.12. The van der Waals surface area contributed by atoms with Crippen LogP contribution in [0.2, 0.25) is 0 Å². The maximum atomic E-state index is 4.20. The third kappa shape index (κ3) is 2.33. The molecule has 0 aromatic carbocycles. The summed E-state index contributed by atoms with van der Waals surface area (Å²) in [4.78, 5) is 9.35. The molecule has 0 radical (unpaired) electrons. The van der Waals surface area contributed by atoms with E-state index < -0.39 is 0 Å². The summed E-state index contributed by atoms with van der Waals surface area (Å²) < 4.78 is 2.50. The second-order valence-electron chi connectivity index (χ2n) is 2.63. The minimum atomic E-state index is 0.744. The van der Waals surface area contributed by atoms with Gasteiger partial charge in [0.25, 0.3) is 0 Å². The van der Waals surface area contributed by atoms with E-state index in [9.17, 15) is 0 Å². The Morgan fingerprint density at radius 3 is 2.71 bits per heavy atom. The molecular weight excluding hydrogens is 264 g/mol. The lowest BCUT2D eigenvalue weighted by Gasteiger charge is -1.95. The van der Waals surface area contributed by atoms with Gasteiger partial charge in [-0.1, -0.05) is 11.8 Å². The fourth-order valence-corrected chi connectivity index (χ4v) is 1.89. The third-order valence-corrected chi connectivity index (χ3v) is 2.78. The first-order chi connectivity index (χ1) is 6.74. The van der Waals surface area contributed by atoms with E-state index in [0.29, 0.717) is 0 Å². The lowest BCUT2D eigenvalue weighted by molar-refractivity contribution is 0.766. The van der Waals surface area contributed by atoms with Crippen LogP contribution in [0.3, 0.4) is 0 Å². The third-order valence-electron chi connectivity index (χ3n) is 1.50. The van der Waals surface area contributed by atoms with Gasteiger partial charge >= 0.3 is 0 Å². The van der Waals surface area contributed by atoms with Gasteiger partial charge in [0, 0.05) is 13.2 Å². The van der Waals surface area contributed by atoms with Crippen molar-refractivity contribution in [2.24, 2.45) is 7.05 Å². The van der Waals surface area contributed by atoms with E-state index in [4.69, 9.17) is 0 Å². The monoisotopic (exact) mass is 270 g/mol. The zero-order valence-corrected chi connectivity index (χ0v) is 9.79. The molecular formula is C8H7BrN4S. The molecule has 0 aliphatic heterocycles. The molecule has 72 valence electrons. The fourth-order valence-electron chi connectivity index (χ4n) is 0.925. The summed E-state index contributed by atoms with van der Waals surface area (Å²) in [6.45, 7) is 0. The Hall–Kier alpha value is -0.880. The zero-order chi connectivity index (χ0) is 9.97. The molecule has 0 aliphatic rings. The lowest BCUT2D eigenvalue weighted by Crippen LogP contribution is -1.84. The van der Waals surface area contributed by atoms with Crippen molar-refractivity contribution < 1.29 is 0 Å². The molecule has 14 heavy (non-hydrogen) atoms. The van der Waals surface area contributed by atoms with Crippen LogP contribution in [0.4, 0.5) is 0 Å². The summed E-state index contributed by atoms with van der Waals surface area (Å²) in [6, 6.07) is 0. The first-order valence-electron chi connectivity index (χ1n) is 3.88. The summed E-state index contributed by atoms with van der Waals surface area (Å²) in [6.07, 6.45) is 7.14. The van der Waals surface area contributed by atoms with Crippen LogP contribution in [0.15, 0.2) is 39.3 Å². The molecule has 0 spiro atoms. The van der Waals surface area contributed by atoms with E-state index in [2.05, 4.69) is 31.0 Å². The average molecular weight is 271 g/mol. The number of hydrogen-bond donors (Lipinski definition) is 0. The smallest absolute Gasteiger partial charge is 0.124 e. The van der Waals surface area contributed by atoms with E-state index in [1.807, 2.05) is 13.2 Å². The number of rotatable bonds is 2. The van der Waals surface area contributed by atoms with Crippen LogP contribution in [0.5, 0.6) is 0 Å². The maximum Gasteiger partial charge on any atom is 0.124 e. The van der Waals surface area contributed by atoms with Crippen molar-refractivity contribution in [3.63, 3.8) is 0 Å². The normalized spacial score (nSPS) is 10.4. The van der Waals surface area contributed by atoms with E-state index in [0.717, 1.165) is 14.5 Å². The van der Waals surface area contributed by atoms with Gasteiger partial charge in [-0.15, -0.1) is 0 Å². The molecule has 0 bridgehead atoms. The largest absolute Gasteiger partial charge is 0.275 e. The molecule has 0 saturated heterocycles. The summed E-state index contributed by atoms with van der Waals surface area (Å²) in [5, 5.41) is 4.93. The second-order valence-corrected chi connectivity index (χ2v) is 4.54. The van der Waals surface area contributed by atoms with Crippen LogP contribution >= 0.6 is 27.7 Å². The number of nitrogens with zero attached hydrogens (tertiary/aromatic N) is 4. The molecule has 0 saturated carbocycles. The molecule has 2 rings (SSSR count). The van der Waals surface area contributed by atoms with Gasteiger partial charge in [-0.2, -0.15) is 5.10 Å². The highest BCUT2D eigenvalue weighted by Crippen LogP contribution is 2.24. The summed E-state index contributed by atoms with van der Waals surface area (Å²) in [5.41, 5.74) is 0. The number of halogens is 1. The van der Waals surface area contributed by atoms with Crippen LogP contribution in [0.1, 0.15) is 0 Å². The van der Waals surface area contributed by atoms with Crippen molar-refractivity contribution in [1.29, 1.82) is 0 Å². The van der Waals surface area contributed by atoms with Crippen LogP contribution in [0, 0.1) is 0 Å². The van der Waals surface area contributed by atoms with Crippen molar-refractivity contribution >= 4 is 27.7 Å². The van der Waals surface area contributed by atoms with Gasteiger partial charge in [-0.3, -0.25) is 4.68 Å². The molecule has 0 unspecified atom stereocenters. The fraction of sp³-hybridized carbons (Fsp3) is 0.125. The highest BCUT2D eigenvalue weighted by atomic mass is 79.9. The Morgan fingerprint density at radius 2 is 2.14 bits per heavy atom. The van der Waals surface area contributed by atoms with E-state index >= 15 is 0 Å². The Morgan fingerprint density at radius 1 is 1.29 bits per heavy atom. The zero-order valence-electron chi connectivity index (χ0n) is 7.38. The Kier molecular flexibility index (Phi) is 2.83. The molecule has 0 aliphatic carbocycles. The summed E-state index contributed by atoms with van der Waals surface area (Å²) in [7, 11) is 1.89. The first-order valence-corrected chi connectivity index (χ1v) is 5.49. The van der Waals surface area contributed by atoms with Crippen molar-refractivity contribution in [2.45, 2.75) is 9.92 Å². The van der Waals surface area contributed by atoms with Gasteiger partial charge in [-0.05, 0) is 15.9 Å². The lowest BCUT2D eigenvalue weighted by atomic mass is 10.7. The van der Waals surface area contributed by atoms with Gasteiger partial charge in [0.2, 0.25) is 0 Å². The topological polar surface area (TPSA) is 43.6 Å². The van der Waals surface area contributed by atoms with Gasteiger partial charge in [-0.25, -0.2) is 9.97 Å². The minimum Gasteiger partial charge on any atom is -0.275 e. The van der Waals surface area contributed by atoms with Crippen LogP contribution < -0.4 is 0 Å². The molecule has 2 aromatic rings. The van der Waals surface area contributed by atoms with Gasteiger partial charge < -0.3 is 0 Å². The van der Waals surface area contributed by atoms with Crippen LogP contribution in [-0.2, 0) is 7.05 Å². The van der Waals surface area contributed by atoms with Crippen LogP contribution in [0.25, 0.3) is 0 Å². The Labute approximate surface area is 93.9 Å². The number of hydrogen-bond acceptors (Lipinski definition) is 4. The van der Waals surface area contributed by atoms with E-state index in [1.54, 1.807) is 23.3 Å². The van der Waals surface area contributed by atoms with E-state index in [1.165, 1.54) is 11.8 Å². The molecule has 0 N–H and O–H groups in total. The van der Waals surface area contributed by atoms with Gasteiger partial charge in [0.05, 0.1) is 23.5 Å². The Bertz CT molecular complexity index is 425. The molecule has 0 fully saturated rings. The number of aryl methyl sites for hydroxylation is 1. The average Bonchev–Trinajstić information content (AvgIpc) is 2.56. The quantitative estimate of drug-likeness (QED) is 0.839. The summed E-state index contributed by atoms with van der Waals surface area (Å²) in [5.74, 6) is 0. The van der Waals surface area contributed by atoms with Crippen molar-refractivity contribution in [3.8, 4) is 0 Å². The second kappa shape index (κ2) is 4.10. The standard InChI is InChI=1S/C8H7BrN4S/c1-13-5-6(2-12-13)14-8-4-10-7(9)3-11-8/h2-5H,1H3. The van der Waals surface area contributed by atoms with E-state index in [-0.39, 0.29) is 0 Å². The highest BCUT2D eigenvalue weighted by molar-refractivity contribution is 9.10. The first kappa shape index (κ1) is 9.67. The molecule has 0 amide bonds. The molecule has 2 heterocycles. The van der Waals surface area contributed by atoms with Gasteiger partial charge in [0.15, 0.2) is 0 Å². The van der Waals surface area contributed by atoms with Gasteiger partial charge in [0.1, 0.15) is 9.63 Å². The van der Waals surface area contributed by atoms with Crippen molar-refractivity contribution in [3.05, 3.63) is 29.4 Å². The number of aromatic nitrogens is 4. The Balaban J connectivity index is 2.15. The molecule has 0 atom stereocenters. The predicted molar refractivity (Wildman–Crippen MR) is 57.1 cm³/mol. The summed E-state index contributed by atoms with van der Waals surface area (Å²) >= 11 is 4.78. The molecule has 4 nitrogen and oxygen atoms in total. The van der Waals surface area contributed by atoms with Crippen LogP contribution in [-0.4, -0.2) is 19.7 Å². The highest BCUT2D eigenvalue weighted by Gasteiger charge is 2.00. The van der Waals surface area contributed by atoms with Crippen molar-refractivity contribution in [1.82, 2.24) is 19.7 Å². The minimum absolute atomic E-state index is 0.744.